The Morgan fingerprint density at radius 1 is 1.33 bits per heavy atom. The minimum Gasteiger partial charge on any atom is -0.399 e. The van der Waals surface area contributed by atoms with Crippen LogP contribution in [0.25, 0.3) is 0 Å². The number of amides is 1. The van der Waals surface area contributed by atoms with Gasteiger partial charge in [-0.2, -0.15) is 0 Å². The maximum atomic E-state index is 12.3. The van der Waals surface area contributed by atoms with E-state index in [1.807, 2.05) is 29.2 Å². The van der Waals surface area contributed by atoms with Gasteiger partial charge in [-0.15, -0.1) is 0 Å². The molecule has 0 unspecified atom stereocenters. The van der Waals surface area contributed by atoms with E-state index in [1.165, 1.54) is 6.42 Å². The van der Waals surface area contributed by atoms with E-state index in [0.717, 1.165) is 24.3 Å². The molecule has 0 aromatic heterocycles. The first-order chi connectivity index (χ1) is 8.54. The molecule has 18 heavy (non-hydrogen) atoms. The van der Waals surface area contributed by atoms with Crippen molar-refractivity contribution < 1.29 is 4.79 Å². The first-order valence-electron chi connectivity index (χ1n) is 6.67. The summed E-state index contributed by atoms with van der Waals surface area (Å²) in [6, 6.07) is 7.60. The number of carbonyl (C=O) groups is 1. The third kappa shape index (κ3) is 3.25. The molecule has 1 aliphatic rings. The molecule has 0 bridgehead atoms. The van der Waals surface area contributed by atoms with Gasteiger partial charge in [0.05, 0.1) is 6.42 Å². The van der Waals surface area contributed by atoms with Crippen LogP contribution in [-0.2, 0) is 11.2 Å². The van der Waals surface area contributed by atoms with Gasteiger partial charge in [-0.05, 0) is 36.0 Å². The van der Waals surface area contributed by atoms with Gasteiger partial charge in [-0.3, -0.25) is 4.79 Å². The largest absolute Gasteiger partial charge is 0.399 e. The molecular formula is C15H22N2O. The van der Waals surface area contributed by atoms with Crippen molar-refractivity contribution >= 4 is 11.6 Å². The number of anilines is 1. The molecule has 1 fully saturated rings. The molecule has 0 aliphatic carbocycles. The number of hydrogen-bond acceptors (Lipinski definition) is 2. The molecule has 0 saturated carbocycles. The summed E-state index contributed by atoms with van der Waals surface area (Å²) in [7, 11) is 0. The Hall–Kier alpha value is -1.51. The summed E-state index contributed by atoms with van der Waals surface area (Å²) >= 11 is 0. The molecule has 1 saturated heterocycles. The van der Waals surface area contributed by atoms with Crippen LogP contribution in [0, 0.1) is 11.8 Å². The first-order valence-corrected chi connectivity index (χ1v) is 6.67. The third-order valence-electron chi connectivity index (χ3n) is 3.53. The van der Waals surface area contributed by atoms with Gasteiger partial charge in [0.25, 0.3) is 0 Å². The van der Waals surface area contributed by atoms with Gasteiger partial charge in [-0.1, -0.05) is 26.0 Å². The second-order valence-electron chi connectivity index (χ2n) is 5.67. The van der Waals surface area contributed by atoms with Crippen LogP contribution in [0.2, 0.25) is 0 Å². The van der Waals surface area contributed by atoms with E-state index < -0.39 is 0 Å². The quantitative estimate of drug-likeness (QED) is 0.814. The Kier molecular flexibility index (Phi) is 3.90. The van der Waals surface area contributed by atoms with E-state index in [0.29, 0.717) is 18.3 Å². The number of nitrogens with two attached hydrogens (primary N) is 1. The van der Waals surface area contributed by atoms with Gasteiger partial charge >= 0.3 is 0 Å². The molecule has 1 heterocycles. The highest BCUT2D eigenvalue weighted by Gasteiger charge is 2.25. The lowest BCUT2D eigenvalue weighted by molar-refractivity contribution is -0.133. The summed E-state index contributed by atoms with van der Waals surface area (Å²) < 4.78 is 0. The molecule has 98 valence electrons. The second kappa shape index (κ2) is 5.42. The van der Waals surface area contributed by atoms with Crippen LogP contribution in [0.5, 0.6) is 0 Å². The predicted molar refractivity (Wildman–Crippen MR) is 74.1 cm³/mol. The highest BCUT2D eigenvalue weighted by Crippen LogP contribution is 2.21. The van der Waals surface area contributed by atoms with Crippen molar-refractivity contribution in [3.8, 4) is 0 Å². The standard InChI is InChI=1S/C15H22N2O/c1-11-6-12(2)10-17(9-11)15(18)8-13-4-3-5-14(16)7-13/h3-5,7,11-12H,6,8-10,16H2,1-2H3/t11-,12-/m0/s1. The van der Waals surface area contributed by atoms with Crippen molar-refractivity contribution in [2.45, 2.75) is 26.7 Å². The van der Waals surface area contributed by atoms with Crippen LogP contribution in [0.1, 0.15) is 25.8 Å². The summed E-state index contributed by atoms with van der Waals surface area (Å²) in [5.74, 6) is 1.44. The normalized spacial score (nSPS) is 24.0. The number of rotatable bonds is 2. The van der Waals surface area contributed by atoms with E-state index in [1.54, 1.807) is 0 Å². The molecule has 0 radical (unpaired) electrons. The smallest absolute Gasteiger partial charge is 0.227 e. The molecule has 3 heteroatoms. The summed E-state index contributed by atoms with van der Waals surface area (Å²) in [5.41, 5.74) is 7.46. The predicted octanol–water partition coefficient (Wildman–Crippen LogP) is 2.32. The minimum atomic E-state index is 0.221. The summed E-state index contributed by atoms with van der Waals surface area (Å²) in [4.78, 5) is 14.3. The zero-order valence-electron chi connectivity index (χ0n) is 11.2. The average Bonchev–Trinajstić information content (AvgIpc) is 2.27. The molecule has 1 aliphatic heterocycles. The van der Waals surface area contributed by atoms with Crippen LogP contribution in [0.4, 0.5) is 5.69 Å². The van der Waals surface area contributed by atoms with Crippen LogP contribution >= 0.6 is 0 Å². The Morgan fingerprint density at radius 2 is 2.00 bits per heavy atom. The Morgan fingerprint density at radius 3 is 2.61 bits per heavy atom. The fourth-order valence-electron chi connectivity index (χ4n) is 2.86. The molecule has 1 aromatic carbocycles. The van der Waals surface area contributed by atoms with Gasteiger partial charge < -0.3 is 10.6 Å². The zero-order valence-corrected chi connectivity index (χ0v) is 11.2. The molecule has 1 amide bonds. The molecule has 1 aromatic rings. The van der Waals surface area contributed by atoms with Crippen LogP contribution in [-0.4, -0.2) is 23.9 Å². The van der Waals surface area contributed by atoms with Gasteiger partial charge in [0, 0.05) is 18.8 Å². The molecule has 0 spiro atoms. The van der Waals surface area contributed by atoms with E-state index in [2.05, 4.69) is 13.8 Å². The molecule has 2 rings (SSSR count). The van der Waals surface area contributed by atoms with Crippen LogP contribution < -0.4 is 5.73 Å². The lowest BCUT2D eigenvalue weighted by atomic mass is 9.91. The molecule has 3 nitrogen and oxygen atoms in total. The monoisotopic (exact) mass is 246 g/mol. The van der Waals surface area contributed by atoms with Crippen molar-refractivity contribution in [3.63, 3.8) is 0 Å². The van der Waals surface area contributed by atoms with E-state index in [4.69, 9.17) is 5.73 Å². The highest BCUT2D eigenvalue weighted by atomic mass is 16.2. The Bertz CT molecular complexity index is 420. The number of nitrogens with zero attached hydrogens (tertiary/aromatic N) is 1. The van der Waals surface area contributed by atoms with Crippen molar-refractivity contribution in [1.82, 2.24) is 4.90 Å². The fourth-order valence-corrected chi connectivity index (χ4v) is 2.86. The SMILES string of the molecule is C[C@H]1C[C@H](C)CN(C(=O)Cc2cccc(N)c2)C1. The van der Waals surface area contributed by atoms with Crippen LogP contribution in [0.3, 0.4) is 0 Å². The summed E-state index contributed by atoms with van der Waals surface area (Å²) in [6.07, 6.45) is 1.69. The Balaban J connectivity index is 1.99. The average molecular weight is 246 g/mol. The minimum absolute atomic E-state index is 0.221. The molecular weight excluding hydrogens is 224 g/mol. The van der Waals surface area contributed by atoms with Crippen molar-refractivity contribution in [2.75, 3.05) is 18.8 Å². The summed E-state index contributed by atoms with van der Waals surface area (Å²) in [6.45, 7) is 6.23. The van der Waals surface area contributed by atoms with Gasteiger partial charge in [0.2, 0.25) is 5.91 Å². The number of benzene rings is 1. The first kappa shape index (κ1) is 12.9. The molecule has 2 atom stereocenters. The maximum Gasteiger partial charge on any atom is 0.227 e. The molecule has 2 N–H and O–H groups in total. The Labute approximate surface area is 109 Å². The second-order valence-corrected chi connectivity index (χ2v) is 5.67. The van der Waals surface area contributed by atoms with E-state index >= 15 is 0 Å². The zero-order chi connectivity index (χ0) is 13.1. The van der Waals surface area contributed by atoms with Crippen molar-refractivity contribution in [2.24, 2.45) is 11.8 Å². The van der Waals surface area contributed by atoms with Gasteiger partial charge in [-0.25, -0.2) is 0 Å². The van der Waals surface area contributed by atoms with E-state index in [9.17, 15) is 4.79 Å². The topological polar surface area (TPSA) is 46.3 Å². The van der Waals surface area contributed by atoms with Crippen molar-refractivity contribution in [1.29, 1.82) is 0 Å². The third-order valence-corrected chi connectivity index (χ3v) is 3.53. The van der Waals surface area contributed by atoms with E-state index in [-0.39, 0.29) is 5.91 Å². The highest BCUT2D eigenvalue weighted by molar-refractivity contribution is 5.79. The number of carbonyl (C=O) groups excluding carboxylic acids is 1. The fraction of sp³-hybridized carbons (Fsp3) is 0.533. The lowest BCUT2D eigenvalue weighted by Crippen LogP contribution is -2.43. The lowest BCUT2D eigenvalue weighted by Gasteiger charge is -2.35. The number of hydrogen-bond donors (Lipinski definition) is 1. The summed E-state index contributed by atoms with van der Waals surface area (Å²) in [5, 5.41) is 0. The maximum absolute atomic E-state index is 12.3. The number of likely N-dealkylation sites (tertiary alicyclic amines) is 1. The van der Waals surface area contributed by atoms with Crippen LogP contribution in [0.15, 0.2) is 24.3 Å². The van der Waals surface area contributed by atoms with Gasteiger partial charge in [0.15, 0.2) is 0 Å². The van der Waals surface area contributed by atoms with Crippen molar-refractivity contribution in [3.05, 3.63) is 29.8 Å². The number of piperidine rings is 1. The number of nitrogen functional groups attached to an aromatic ring is 1. The van der Waals surface area contributed by atoms with Gasteiger partial charge in [0.1, 0.15) is 0 Å².